The monoisotopic (exact) mass is 427 g/mol. The summed E-state index contributed by atoms with van der Waals surface area (Å²) < 4.78 is 63.7. The molecule has 0 saturated carbocycles. The second kappa shape index (κ2) is 7.34. The average molecular weight is 427 g/mol. The molecule has 2 aromatic rings. The maximum atomic E-state index is 13.6. The lowest BCUT2D eigenvalue weighted by molar-refractivity contribution is -0.137. The van der Waals surface area contributed by atoms with Gasteiger partial charge in [-0.05, 0) is 36.6 Å². The molecule has 0 spiro atoms. The highest BCUT2D eigenvalue weighted by Gasteiger charge is 2.43. The first-order valence-electron chi connectivity index (χ1n) is 8.79. The van der Waals surface area contributed by atoms with Crippen molar-refractivity contribution in [1.82, 2.24) is 0 Å². The van der Waals surface area contributed by atoms with Gasteiger partial charge in [0.05, 0.1) is 15.9 Å². The van der Waals surface area contributed by atoms with Gasteiger partial charge in [-0.1, -0.05) is 30.3 Å². The van der Waals surface area contributed by atoms with E-state index >= 15 is 0 Å². The van der Waals surface area contributed by atoms with E-state index in [1.54, 1.807) is 30.3 Å². The standard InChI is InChI=1S/C19H20F3N3O3S/c20-19(21,22)15-12-14(29(24,27)28)6-7-16(15)25-10-8-18(9-11-25,17(23)26)13-4-2-1-3-5-13/h1-7,12H,8-11H2,(H2,23,26)(H2,24,27,28). The van der Waals surface area contributed by atoms with Gasteiger partial charge in [0.15, 0.2) is 0 Å². The van der Waals surface area contributed by atoms with Crippen LogP contribution in [-0.2, 0) is 26.4 Å². The minimum Gasteiger partial charge on any atom is -0.371 e. The molecule has 1 heterocycles. The minimum absolute atomic E-state index is 0.148. The predicted molar refractivity (Wildman–Crippen MR) is 102 cm³/mol. The highest BCUT2D eigenvalue weighted by atomic mass is 32.2. The van der Waals surface area contributed by atoms with Crippen molar-refractivity contribution in [2.75, 3.05) is 18.0 Å². The Bertz CT molecular complexity index is 1020. The molecule has 0 unspecified atom stereocenters. The van der Waals surface area contributed by atoms with Crippen molar-refractivity contribution in [3.63, 3.8) is 0 Å². The first-order chi connectivity index (χ1) is 13.4. The molecule has 0 bridgehead atoms. The highest BCUT2D eigenvalue weighted by molar-refractivity contribution is 7.89. The van der Waals surface area contributed by atoms with Gasteiger partial charge in [-0.25, -0.2) is 13.6 Å². The Morgan fingerprint density at radius 3 is 2.10 bits per heavy atom. The van der Waals surface area contributed by atoms with Crippen LogP contribution in [0.4, 0.5) is 18.9 Å². The van der Waals surface area contributed by atoms with E-state index in [4.69, 9.17) is 10.9 Å². The van der Waals surface area contributed by atoms with Crippen molar-refractivity contribution in [1.29, 1.82) is 0 Å². The van der Waals surface area contributed by atoms with Crippen LogP contribution in [0.1, 0.15) is 24.0 Å². The number of carbonyl (C=O) groups is 1. The number of primary sulfonamides is 1. The van der Waals surface area contributed by atoms with E-state index in [2.05, 4.69) is 0 Å². The summed E-state index contributed by atoms with van der Waals surface area (Å²) in [5.74, 6) is -0.524. The molecule has 10 heteroatoms. The fourth-order valence-corrected chi connectivity index (χ4v) is 4.30. The van der Waals surface area contributed by atoms with Crippen molar-refractivity contribution in [2.24, 2.45) is 10.9 Å². The van der Waals surface area contributed by atoms with Crippen molar-refractivity contribution in [3.8, 4) is 0 Å². The Balaban J connectivity index is 1.96. The molecule has 2 aromatic carbocycles. The number of nitrogens with two attached hydrogens (primary N) is 2. The number of carbonyl (C=O) groups excluding carboxylic acids is 1. The zero-order valence-electron chi connectivity index (χ0n) is 15.3. The first kappa shape index (κ1) is 21.1. The number of nitrogens with zero attached hydrogens (tertiary/aromatic N) is 1. The molecule has 3 rings (SSSR count). The van der Waals surface area contributed by atoms with Gasteiger partial charge in [-0.2, -0.15) is 13.2 Å². The van der Waals surface area contributed by atoms with Crippen molar-refractivity contribution >= 4 is 21.6 Å². The van der Waals surface area contributed by atoms with Crippen molar-refractivity contribution in [2.45, 2.75) is 29.3 Å². The molecule has 0 aromatic heterocycles. The molecular weight excluding hydrogens is 407 g/mol. The van der Waals surface area contributed by atoms with Crippen LogP contribution in [-0.4, -0.2) is 27.4 Å². The molecule has 1 fully saturated rings. The Morgan fingerprint density at radius 1 is 1.03 bits per heavy atom. The number of hydrogen-bond donors (Lipinski definition) is 2. The van der Waals surface area contributed by atoms with Gasteiger partial charge in [-0.15, -0.1) is 0 Å². The van der Waals surface area contributed by atoms with E-state index in [9.17, 15) is 26.4 Å². The molecule has 156 valence electrons. The lowest BCUT2D eigenvalue weighted by atomic mass is 9.72. The van der Waals surface area contributed by atoms with Gasteiger partial charge in [0.1, 0.15) is 0 Å². The van der Waals surface area contributed by atoms with Crippen LogP contribution in [0.3, 0.4) is 0 Å². The molecule has 1 aliphatic heterocycles. The van der Waals surface area contributed by atoms with Crippen molar-refractivity contribution < 1.29 is 26.4 Å². The fraction of sp³-hybridized carbons (Fsp3) is 0.316. The SMILES string of the molecule is NC(=O)C1(c2ccccc2)CCN(c2ccc(S(N)(=O)=O)cc2C(F)(F)F)CC1. The predicted octanol–water partition coefficient (Wildman–Crippen LogP) is 2.38. The van der Waals surface area contributed by atoms with Crippen LogP contribution in [0, 0.1) is 0 Å². The molecule has 4 N–H and O–H groups in total. The fourth-order valence-electron chi connectivity index (χ4n) is 3.76. The van der Waals surface area contributed by atoms with Crippen LogP contribution in [0.15, 0.2) is 53.4 Å². The summed E-state index contributed by atoms with van der Waals surface area (Å²) in [5, 5.41) is 4.97. The summed E-state index contributed by atoms with van der Waals surface area (Å²) in [6.07, 6.45) is -4.30. The third-order valence-corrected chi connectivity index (χ3v) is 6.27. The van der Waals surface area contributed by atoms with Gasteiger partial charge in [-0.3, -0.25) is 4.79 Å². The van der Waals surface area contributed by atoms with Crippen LogP contribution in [0.2, 0.25) is 0 Å². The van der Waals surface area contributed by atoms with Crippen molar-refractivity contribution in [3.05, 3.63) is 59.7 Å². The zero-order valence-corrected chi connectivity index (χ0v) is 16.1. The quantitative estimate of drug-likeness (QED) is 0.781. The summed E-state index contributed by atoms with van der Waals surface area (Å²) in [6, 6.07) is 11.6. The lowest BCUT2D eigenvalue weighted by Gasteiger charge is -2.41. The van der Waals surface area contributed by atoms with Crippen LogP contribution < -0.4 is 15.8 Å². The Labute approximate surface area is 166 Å². The molecule has 1 aliphatic rings. The van der Waals surface area contributed by atoms with Gasteiger partial charge in [0, 0.05) is 18.8 Å². The second-order valence-corrected chi connectivity index (χ2v) is 8.58. The molecule has 1 amide bonds. The van der Waals surface area contributed by atoms with Gasteiger partial charge in [0.25, 0.3) is 0 Å². The van der Waals surface area contributed by atoms with Crippen LogP contribution >= 0.6 is 0 Å². The van der Waals surface area contributed by atoms with E-state index in [-0.39, 0.29) is 31.6 Å². The molecule has 0 aliphatic carbocycles. The van der Waals surface area contributed by atoms with E-state index in [0.29, 0.717) is 6.07 Å². The Morgan fingerprint density at radius 2 is 1.62 bits per heavy atom. The van der Waals surface area contributed by atoms with E-state index in [1.165, 1.54) is 4.90 Å². The normalized spacial score (nSPS) is 17.2. The summed E-state index contributed by atoms with van der Waals surface area (Å²) in [4.78, 5) is 13.1. The minimum atomic E-state index is -4.77. The molecule has 29 heavy (non-hydrogen) atoms. The third-order valence-electron chi connectivity index (χ3n) is 5.36. The highest BCUT2D eigenvalue weighted by Crippen LogP contribution is 2.42. The van der Waals surface area contributed by atoms with Crippen LogP contribution in [0.5, 0.6) is 0 Å². The number of piperidine rings is 1. The summed E-state index contributed by atoms with van der Waals surface area (Å²) in [5.41, 5.74) is 4.19. The third kappa shape index (κ3) is 4.08. The number of hydrogen-bond acceptors (Lipinski definition) is 4. The van der Waals surface area contributed by atoms with E-state index in [0.717, 1.165) is 17.7 Å². The summed E-state index contributed by atoms with van der Waals surface area (Å²) >= 11 is 0. The topological polar surface area (TPSA) is 106 Å². The number of halogens is 3. The largest absolute Gasteiger partial charge is 0.418 e. The number of alkyl halides is 3. The molecule has 0 atom stereocenters. The van der Waals surface area contributed by atoms with Gasteiger partial charge >= 0.3 is 6.18 Å². The first-order valence-corrected chi connectivity index (χ1v) is 10.3. The number of primary amides is 1. The van der Waals surface area contributed by atoms with E-state index in [1.807, 2.05) is 0 Å². The number of rotatable bonds is 4. The molecule has 1 saturated heterocycles. The number of benzene rings is 2. The van der Waals surface area contributed by atoms with Gasteiger partial charge < -0.3 is 10.6 Å². The molecule has 6 nitrogen and oxygen atoms in total. The maximum absolute atomic E-state index is 13.6. The van der Waals surface area contributed by atoms with Gasteiger partial charge in [0.2, 0.25) is 15.9 Å². The average Bonchev–Trinajstić information content (AvgIpc) is 2.67. The molecular formula is C19H20F3N3O3S. The van der Waals surface area contributed by atoms with E-state index < -0.39 is 38.0 Å². The Kier molecular flexibility index (Phi) is 5.35. The molecule has 0 radical (unpaired) electrons. The lowest BCUT2D eigenvalue weighted by Crippen LogP contribution is -2.50. The number of amides is 1. The second-order valence-electron chi connectivity index (χ2n) is 7.02. The Hall–Kier alpha value is -2.59. The number of anilines is 1. The van der Waals surface area contributed by atoms with Crippen LogP contribution in [0.25, 0.3) is 0 Å². The summed E-state index contributed by atoms with van der Waals surface area (Å²) in [7, 11) is -4.28. The maximum Gasteiger partial charge on any atom is 0.418 e. The summed E-state index contributed by atoms with van der Waals surface area (Å²) in [6.45, 7) is 0.297. The zero-order chi connectivity index (χ0) is 21.4. The number of sulfonamides is 1. The smallest absolute Gasteiger partial charge is 0.371 e.